The first-order valence-corrected chi connectivity index (χ1v) is 4.04. The summed E-state index contributed by atoms with van der Waals surface area (Å²) in [5, 5.41) is 26.8. The summed E-state index contributed by atoms with van der Waals surface area (Å²) in [5.41, 5.74) is 0. The summed E-state index contributed by atoms with van der Waals surface area (Å²) in [5.74, 6) is 0.943. The molecule has 0 amide bonds. The highest BCUT2D eigenvalue weighted by molar-refractivity contribution is 4.96. The molecule has 0 aliphatic rings. The molecule has 13 heavy (non-hydrogen) atoms. The van der Waals surface area contributed by atoms with Crippen LogP contribution in [0.3, 0.4) is 0 Å². The summed E-state index contributed by atoms with van der Waals surface area (Å²) >= 11 is 0. The van der Waals surface area contributed by atoms with Crippen molar-refractivity contribution in [2.75, 3.05) is 6.61 Å². The smallest absolute Gasteiger partial charge is 0.161 e. The van der Waals surface area contributed by atoms with Crippen molar-refractivity contribution in [3.05, 3.63) is 0 Å². The first kappa shape index (κ1) is 12.4. The second kappa shape index (κ2) is 5.20. The van der Waals surface area contributed by atoms with E-state index in [-0.39, 0.29) is 13.0 Å². The first-order valence-electron chi connectivity index (χ1n) is 4.04. The lowest BCUT2D eigenvalue weighted by Gasteiger charge is -2.23. The van der Waals surface area contributed by atoms with Gasteiger partial charge in [0.15, 0.2) is 5.79 Å². The minimum atomic E-state index is -1.33. The largest absolute Gasteiger partial charge is 0.394 e. The maximum Gasteiger partial charge on any atom is 0.161 e. The normalized spacial score (nSPS) is 16.3. The van der Waals surface area contributed by atoms with Crippen LogP contribution in [0.4, 0.5) is 0 Å². The molecule has 3 N–H and O–H groups in total. The molecular weight excluding hydrogens is 172 g/mol. The minimum Gasteiger partial charge on any atom is -0.394 e. The third-order valence-electron chi connectivity index (χ3n) is 1.31. The molecule has 2 atom stereocenters. The van der Waals surface area contributed by atoms with Crippen LogP contribution in [0.2, 0.25) is 0 Å². The van der Waals surface area contributed by atoms with E-state index in [4.69, 9.17) is 21.4 Å². The van der Waals surface area contributed by atoms with Crippen LogP contribution in [0, 0.1) is 12.3 Å². The molecule has 0 saturated heterocycles. The lowest BCUT2D eigenvalue weighted by molar-refractivity contribution is -0.197. The van der Waals surface area contributed by atoms with Gasteiger partial charge < -0.3 is 20.1 Å². The summed E-state index contributed by atoms with van der Waals surface area (Å²) in [4.78, 5) is 0. The van der Waals surface area contributed by atoms with Gasteiger partial charge in [0.2, 0.25) is 0 Å². The Morgan fingerprint density at radius 2 is 2.08 bits per heavy atom. The van der Waals surface area contributed by atoms with E-state index in [1.807, 2.05) is 0 Å². The number of terminal acetylenes is 1. The summed E-state index contributed by atoms with van der Waals surface area (Å²) in [6.07, 6.45) is 3.61. The van der Waals surface area contributed by atoms with Crippen LogP contribution in [0.15, 0.2) is 0 Å². The number of aliphatic hydroxyl groups is 3. The fraction of sp³-hybridized carbons (Fsp3) is 0.778. The lowest BCUT2D eigenvalue weighted by Crippen LogP contribution is -2.32. The van der Waals surface area contributed by atoms with Crippen molar-refractivity contribution in [2.24, 2.45) is 0 Å². The van der Waals surface area contributed by atoms with Crippen LogP contribution < -0.4 is 0 Å². The van der Waals surface area contributed by atoms with Crippen LogP contribution in [0.25, 0.3) is 0 Å². The Morgan fingerprint density at radius 1 is 1.54 bits per heavy atom. The Labute approximate surface area is 78.2 Å². The van der Waals surface area contributed by atoms with Gasteiger partial charge in [0.05, 0.1) is 12.7 Å². The SMILES string of the molecule is C#C[C@H](C[C@H](O)CO)OC(C)(C)O. The van der Waals surface area contributed by atoms with Crippen molar-refractivity contribution < 1.29 is 20.1 Å². The zero-order chi connectivity index (χ0) is 10.5. The molecule has 4 heteroatoms. The van der Waals surface area contributed by atoms with Crippen molar-refractivity contribution in [1.82, 2.24) is 0 Å². The number of hydrogen-bond donors (Lipinski definition) is 3. The molecule has 0 bridgehead atoms. The van der Waals surface area contributed by atoms with Crippen molar-refractivity contribution >= 4 is 0 Å². The van der Waals surface area contributed by atoms with Gasteiger partial charge in [-0.15, -0.1) is 6.42 Å². The monoisotopic (exact) mass is 188 g/mol. The summed E-state index contributed by atoms with van der Waals surface area (Å²) in [6.45, 7) is 2.53. The predicted molar refractivity (Wildman–Crippen MR) is 47.7 cm³/mol. The summed E-state index contributed by atoms with van der Waals surface area (Å²) in [7, 11) is 0. The van der Waals surface area contributed by atoms with Crippen LogP contribution in [0.1, 0.15) is 20.3 Å². The third-order valence-corrected chi connectivity index (χ3v) is 1.31. The van der Waals surface area contributed by atoms with Crippen molar-refractivity contribution in [1.29, 1.82) is 0 Å². The van der Waals surface area contributed by atoms with Gasteiger partial charge in [-0.05, 0) is 13.8 Å². The highest BCUT2D eigenvalue weighted by atomic mass is 16.6. The molecule has 0 radical (unpaired) electrons. The van der Waals surface area contributed by atoms with E-state index in [1.54, 1.807) is 0 Å². The van der Waals surface area contributed by atoms with Gasteiger partial charge in [-0.25, -0.2) is 0 Å². The summed E-state index contributed by atoms with van der Waals surface area (Å²) < 4.78 is 5.01. The van der Waals surface area contributed by atoms with E-state index >= 15 is 0 Å². The highest BCUT2D eigenvalue weighted by Crippen LogP contribution is 2.11. The predicted octanol–water partition coefficient (Wildman–Crippen LogP) is -0.524. The Balaban J connectivity index is 3.99. The van der Waals surface area contributed by atoms with E-state index in [0.717, 1.165) is 0 Å². The second-order valence-electron chi connectivity index (χ2n) is 3.29. The fourth-order valence-electron chi connectivity index (χ4n) is 0.820. The van der Waals surface area contributed by atoms with Crippen LogP contribution in [0.5, 0.6) is 0 Å². The fourth-order valence-corrected chi connectivity index (χ4v) is 0.820. The molecule has 0 spiro atoms. The molecule has 0 saturated carbocycles. The molecule has 0 heterocycles. The van der Waals surface area contributed by atoms with E-state index in [2.05, 4.69) is 5.92 Å². The average molecular weight is 188 g/mol. The molecule has 0 aliphatic carbocycles. The van der Waals surface area contributed by atoms with E-state index in [0.29, 0.717) is 0 Å². The van der Waals surface area contributed by atoms with Crippen molar-refractivity contribution in [3.63, 3.8) is 0 Å². The second-order valence-corrected chi connectivity index (χ2v) is 3.29. The molecule has 0 aromatic heterocycles. The van der Waals surface area contributed by atoms with E-state index in [9.17, 15) is 5.11 Å². The maximum atomic E-state index is 9.24. The van der Waals surface area contributed by atoms with Crippen LogP contribution in [-0.2, 0) is 4.74 Å². The van der Waals surface area contributed by atoms with Gasteiger partial charge in [-0.1, -0.05) is 5.92 Å². The number of aliphatic hydroxyl groups excluding tert-OH is 2. The van der Waals surface area contributed by atoms with Crippen molar-refractivity contribution in [2.45, 2.75) is 38.3 Å². The standard InChI is InChI=1S/C9H16O4/c1-4-8(5-7(11)6-10)13-9(2,3)12/h1,7-8,10-12H,5-6H2,2-3H3/t7-,8+/m0/s1. The molecular formula is C9H16O4. The van der Waals surface area contributed by atoms with Gasteiger partial charge >= 0.3 is 0 Å². The third kappa shape index (κ3) is 6.55. The molecule has 0 aromatic rings. The molecule has 0 rings (SSSR count). The molecule has 0 fully saturated rings. The topological polar surface area (TPSA) is 69.9 Å². The van der Waals surface area contributed by atoms with Crippen LogP contribution >= 0.6 is 0 Å². The van der Waals surface area contributed by atoms with Crippen LogP contribution in [-0.4, -0.2) is 39.9 Å². The van der Waals surface area contributed by atoms with Crippen molar-refractivity contribution in [3.8, 4) is 12.3 Å². The number of ether oxygens (including phenoxy) is 1. The quantitative estimate of drug-likeness (QED) is 0.401. The Bertz CT molecular complexity index is 177. The average Bonchev–Trinajstić information content (AvgIpc) is 2.00. The van der Waals surface area contributed by atoms with Gasteiger partial charge in [0.1, 0.15) is 6.10 Å². The Kier molecular flexibility index (Phi) is 4.96. The highest BCUT2D eigenvalue weighted by Gasteiger charge is 2.20. The molecule has 76 valence electrons. The molecule has 4 nitrogen and oxygen atoms in total. The van der Waals surface area contributed by atoms with E-state index < -0.39 is 18.0 Å². The number of hydrogen-bond acceptors (Lipinski definition) is 4. The van der Waals surface area contributed by atoms with Gasteiger partial charge in [-0.2, -0.15) is 0 Å². The summed E-state index contributed by atoms with van der Waals surface area (Å²) in [6, 6.07) is 0. The molecule has 0 aromatic carbocycles. The van der Waals surface area contributed by atoms with Gasteiger partial charge in [0.25, 0.3) is 0 Å². The maximum absolute atomic E-state index is 9.24. The zero-order valence-corrected chi connectivity index (χ0v) is 7.90. The lowest BCUT2D eigenvalue weighted by atomic mass is 10.1. The minimum absolute atomic E-state index is 0.108. The first-order chi connectivity index (χ1) is 5.89. The Morgan fingerprint density at radius 3 is 2.38 bits per heavy atom. The molecule has 0 unspecified atom stereocenters. The Hall–Kier alpha value is -0.600. The zero-order valence-electron chi connectivity index (χ0n) is 7.90. The van der Waals surface area contributed by atoms with E-state index in [1.165, 1.54) is 13.8 Å². The van der Waals surface area contributed by atoms with Gasteiger partial charge in [-0.3, -0.25) is 0 Å². The molecule has 0 aliphatic heterocycles. The van der Waals surface area contributed by atoms with Gasteiger partial charge in [0, 0.05) is 6.42 Å². The number of rotatable bonds is 5.